The lowest BCUT2D eigenvalue weighted by atomic mass is 10.0. The van der Waals surface area contributed by atoms with Crippen LogP contribution < -0.4 is 10.6 Å². The van der Waals surface area contributed by atoms with Crippen LogP contribution in [0.2, 0.25) is 0 Å². The average molecular weight is 446 g/mol. The summed E-state index contributed by atoms with van der Waals surface area (Å²) in [5.74, 6) is 2.63. The van der Waals surface area contributed by atoms with Crippen LogP contribution in [-0.2, 0) is 26.7 Å². The van der Waals surface area contributed by atoms with Crippen molar-refractivity contribution in [3.63, 3.8) is 0 Å². The molecule has 4 rings (SSSR count). The Morgan fingerprint density at radius 2 is 1.73 bits per heavy atom. The predicted molar refractivity (Wildman–Crippen MR) is 133 cm³/mol. The minimum atomic E-state index is 0.404. The smallest absolute Gasteiger partial charge is 0.192 e. The highest BCUT2D eigenvalue weighted by atomic mass is 15.3. The maximum atomic E-state index is 4.86. The van der Waals surface area contributed by atoms with Crippen molar-refractivity contribution in [1.29, 1.82) is 0 Å². The molecule has 1 saturated heterocycles. The first-order chi connectivity index (χ1) is 16.1. The summed E-state index contributed by atoms with van der Waals surface area (Å²) in [7, 11) is 1.99. The molecule has 2 heterocycles. The number of rotatable bonds is 7. The molecule has 33 heavy (non-hydrogen) atoms. The molecule has 174 valence electrons. The first-order valence-electron chi connectivity index (χ1n) is 11.8. The van der Waals surface area contributed by atoms with Crippen LogP contribution in [-0.4, -0.2) is 44.8 Å². The zero-order valence-electron chi connectivity index (χ0n) is 20.0. The molecule has 1 fully saturated rings. The molecule has 0 saturated carbocycles. The van der Waals surface area contributed by atoms with Crippen LogP contribution in [0.25, 0.3) is 0 Å². The van der Waals surface area contributed by atoms with Crippen molar-refractivity contribution in [1.82, 2.24) is 30.3 Å². The molecule has 2 N–H and O–H groups in total. The molecule has 1 aliphatic heterocycles. The number of likely N-dealkylation sites (tertiary alicyclic amines) is 1. The maximum absolute atomic E-state index is 4.86. The van der Waals surface area contributed by atoms with Crippen LogP contribution in [0.5, 0.6) is 0 Å². The largest absolute Gasteiger partial charge is 0.354 e. The second kappa shape index (κ2) is 11.1. The molecular formula is C26H35N7. The Hall–Kier alpha value is -3.19. The van der Waals surface area contributed by atoms with E-state index in [-0.39, 0.29) is 0 Å². The molecule has 3 aromatic rings. The first-order valence-corrected chi connectivity index (χ1v) is 11.8. The Kier molecular flexibility index (Phi) is 7.73. The van der Waals surface area contributed by atoms with Gasteiger partial charge in [-0.25, -0.2) is 4.99 Å². The van der Waals surface area contributed by atoms with Crippen molar-refractivity contribution in [3.05, 3.63) is 82.9 Å². The third kappa shape index (κ3) is 6.42. The van der Waals surface area contributed by atoms with E-state index in [9.17, 15) is 0 Å². The number of nitrogens with zero attached hydrogens (tertiary/aromatic N) is 5. The number of nitrogens with one attached hydrogen (secondary N) is 2. The monoisotopic (exact) mass is 445 g/mol. The van der Waals surface area contributed by atoms with Gasteiger partial charge in [0.05, 0.1) is 13.1 Å². The van der Waals surface area contributed by atoms with Gasteiger partial charge in [0, 0.05) is 32.7 Å². The average Bonchev–Trinajstić information content (AvgIpc) is 3.16. The van der Waals surface area contributed by atoms with Gasteiger partial charge in [-0.15, -0.1) is 10.2 Å². The lowest BCUT2D eigenvalue weighted by Gasteiger charge is -2.33. The molecule has 7 nitrogen and oxygen atoms in total. The van der Waals surface area contributed by atoms with E-state index in [1.807, 2.05) is 24.6 Å². The van der Waals surface area contributed by atoms with Gasteiger partial charge in [0.2, 0.25) is 0 Å². The lowest BCUT2D eigenvalue weighted by Crippen LogP contribution is -2.48. The number of aromatic nitrogens is 3. The summed E-state index contributed by atoms with van der Waals surface area (Å²) in [6.45, 7) is 8.58. The standard InChI is InChI=1S/C26H35N7/c1-20-9-7-8-12-23(20)19-33-15-13-24(14-16-33)29-26(27-17-22-10-5-4-6-11-22)28-18-25-31-30-21(2)32(25)3/h4-12,24H,13-19H2,1-3H3,(H2,27,28,29). The molecule has 2 aromatic carbocycles. The molecular weight excluding hydrogens is 410 g/mol. The Morgan fingerprint density at radius 3 is 2.42 bits per heavy atom. The number of hydrogen-bond donors (Lipinski definition) is 2. The Bertz CT molecular complexity index is 1050. The van der Waals surface area contributed by atoms with Gasteiger partial charge in [-0.2, -0.15) is 0 Å². The molecule has 0 unspecified atom stereocenters. The molecule has 0 amide bonds. The van der Waals surface area contributed by atoms with Gasteiger partial charge in [0.1, 0.15) is 5.82 Å². The van der Waals surface area contributed by atoms with Crippen LogP contribution in [0.3, 0.4) is 0 Å². The summed E-state index contributed by atoms with van der Waals surface area (Å²) >= 11 is 0. The van der Waals surface area contributed by atoms with Crippen LogP contribution in [0.15, 0.2) is 59.6 Å². The summed E-state index contributed by atoms with van der Waals surface area (Å²) in [4.78, 5) is 7.41. The third-order valence-corrected chi connectivity index (χ3v) is 6.44. The third-order valence-electron chi connectivity index (χ3n) is 6.44. The van der Waals surface area contributed by atoms with Gasteiger partial charge in [0.15, 0.2) is 11.8 Å². The normalized spacial score (nSPS) is 15.5. The molecule has 1 aliphatic rings. The van der Waals surface area contributed by atoms with Gasteiger partial charge >= 0.3 is 0 Å². The first kappa shape index (κ1) is 23.0. The van der Waals surface area contributed by atoms with E-state index < -0.39 is 0 Å². The molecule has 0 aliphatic carbocycles. The number of aliphatic imine (C=N–C) groups is 1. The van der Waals surface area contributed by atoms with E-state index in [0.717, 1.165) is 50.1 Å². The zero-order valence-corrected chi connectivity index (χ0v) is 20.0. The van der Waals surface area contributed by atoms with Crippen LogP contribution in [0.4, 0.5) is 0 Å². The van der Waals surface area contributed by atoms with Crippen LogP contribution in [0.1, 0.15) is 41.2 Å². The van der Waals surface area contributed by atoms with Gasteiger partial charge < -0.3 is 15.2 Å². The molecule has 0 radical (unpaired) electrons. The minimum Gasteiger partial charge on any atom is -0.354 e. The van der Waals surface area contributed by atoms with Crippen molar-refractivity contribution >= 4 is 5.96 Å². The molecule has 7 heteroatoms. The van der Waals surface area contributed by atoms with E-state index in [1.165, 1.54) is 16.7 Å². The van der Waals surface area contributed by atoms with Crippen LogP contribution in [0, 0.1) is 13.8 Å². The quantitative estimate of drug-likeness (QED) is 0.431. The molecule has 1 aromatic heterocycles. The highest BCUT2D eigenvalue weighted by Gasteiger charge is 2.20. The number of benzene rings is 2. The number of piperidine rings is 1. The second-order valence-electron chi connectivity index (χ2n) is 8.85. The van der Waals surface area contributed by atoms with E-state index >= 15 is 0 Å². The lowest BCUT2D eigenvalue weighted by molar-refractivity contribution is 0.198. The Balaban J connectivity index is 1.35. The topological polar surface area (TPSA) is 70.4 Å². The van der Waals surface area contributed by atoms with Gasteiger partial charge in [-0.1, -0.05) is 54.6 Å². The highest BCUT2D eigenvalue weighted by Crippen LogP contribution is 2.16. The molecule has 0 bridgehead atoms. The van der Waals surface area contributed by atoms with Crippen LogP contribution >= 0.6 is 0 Å². The van der Waals surface area contributed by atoms with E-state index in [2.05, 4.69) is 81.2 Å². The summed E-state index contributed by atoms with van der Waals surface area (Å²) in [6.07, 6.45) is 2.20. The summed E-state index contributed by atoms with van der Waals surface area (Å²) in [5.41, 5.74) is 3.99. The maximum Gasteiger partial charge on any atom is 0.192 e. The van der Waals surface area contributed by atoms with Gasteiger partial charge in [0.25, 0.3) is 0 Å². The zero-order chi connectivity index (χ0) is 23.0. The molecule has 0 spiro atoms. The van der Waals surface area contributed by atoms with E-state index in [0.29, 0.717) is 19.1 Å². The summed E-state index contributed by atoms with van der Waals surface area (Å²) < 4.78 is 2.01. The number of guanidine groups is 1. The fraction of sp³-hybridized carbons (Fsp3) is 0.423. The minimum absolute atomic E-state index is 0.404. The summed E-state index contributed by atoms with van der Waals surface area (Å²) in [5, 5.41) is 15.6. The highest BCUT2D eigenvalue weighted by molar-refractivity contribution is 5.80. The Labute approximate surface area is 197 Å². The van der Waals surface area contributed by atoms with Crippen molar-refractivity contribution in [2.75, 3.05) is 13.1 Å². The summed E-state index contributed by atoms with van der Waals surface area (Å²) in [6, 6.07) is 19.4. The molecule has 0 atom stereocenters. The SMILES string of the molecule is Cc1ccccc1CN1CCC(NC(=NCc2ccccc2)NCc2nnc(C)n2C)CC1. The van der Waals surface area contributed by atoms with E-state index in [1.54, 1.807) is 0 Å². The van der Waals surface area contributed by atoms with Gasteiger partial charge in [-0.05, 0) is 43.4 Å². The van der Waals surface area contributed by atoms with Crippen molar-refractivity contribution in [2.24, 2.45) is 12.0 Å². The predicted octanol–water partition coefficient (Wildman–Crippen LogP) is 3.33. The fourth-order valence-corrected chi connectivity index (χ4v) is 4.13. The van der Waals surface area contributed by atoms with Crippen molar-refractivity contribution in [2.45, 2.75) is 52.4 Å². The van der Waals surface area contributed by atoms with Crippen molar-refractivity contribution < 1.29 is 0 Å². The number of hydrogen-bond acceptors (Lipinski definition) is 4. The van der Waals surface area contributed by atoms with E-state index in [4.69, 9.17) is 4.99 Å². The Morgan fingerprint density at radius 1 is 1.00 bits per heavy atom. The number of aryl methyl sites for hydroxylation is 2. The van der Waals surface area contributed by atoms with Crippen molar-refractivity contribution in [3.8, 4) is 0 Å². The fourth-order valence-electron chi connectivity index (χ4n) is 4.13. The van der Waals surface area contributed by atoms with Gasteiger partial charge in [-0.3, -0.25) is 4.90 Å². The second-order valence-corrected chi connectivity index (χ2v) is 8.85.